The zero-order valence-corrected chi connectivity index (χ0v) is 12.2. The van der Waals surface area contributed by atoms with E-state index in [1.165, 1.54) is 18.2 Å². The van der Waals surface area contributed by atoms with Crippen molar-refractivity contribution in [2.75, 3.05) is 25.9 Å². The number of carbonyl (C=O) groups excluding carboxylic acids is 1. The molecule has 0 radical (unpaired) electrons. The first-order valence-corrected chi connectivity index (χ1v) is 6.75. The highest BCUT2D eigenvalue weighted by Crippen LogP contribution is 2.27. The molecule has 0 bridgehead atoms. The number of hydrogen-bond acceptors (Lipinski definition) is 5. The van der Waals surface area contributed by atoms with Crippen LogP contribution in [-0.4, -0.2) is 41.5 Å². The van der Waals surface area contributed by atoms with Crippen LogP contribution in [0, 0.1) is 10.1 Å². The van der Waals surface area contributed by atoms with Gasteiger partial charge < -0.3 is 15.4 Å². The smallest absolute Gasteiger partial charge is 0.292 e. The van der Waals surface area contributed by atoms with Gasteiger partial charge in [0.2, 0.25) is 0 Å². The largest absolute Gasteiger partial charge is 0.393 e. The number of carbonyl (C=O) groups is 1. The molecule has 2 N–H and O–H groups in total. The molecule has 7 nitrogen and oxygen atoms in total. The van der Waals surface area contributed by atoms with Gasteiger partial charge in [-0.05, 0) is 31.9 Å². The zero-order chi connectivity index (χ0) is 15.6. The second kappa shape index (κ2) is 5.69. The lowest BCUT2D eigenvalue weighted by molar-refractivity contribution is -0.383. The molecule has 0 saturated carbocycles. The summed E-state index contributed by atoms with van der Waals surface area (Å²) >= 11 is 0. The number of nitro groups is 1. The molecule has 1 unspecified atom stereocenters. The van der Waals surface area contributed by atoms with Crippen LogP contribution in [0.25, 0.3) is 0 Å². The number of nitro benzene ring substituents is 1. The Balaban J connectivity index is 2.24. The molecule has 1 fully saturated rings. The minimum atomic E-state index is -0.582. The molecule has 1 aromatic rings. The predicted molar refractivity (Wildman–Crippen MR) is 78.1 cm³/mol. The van der Waals surface area contributed by atoms with Crippen LogP contribution in [-0.2, 0) is 4.74 Å². The van der Waals surface area contributed by atoms with Crippen LogP contribution in [0.3, 0.4) is 0 Å². The second-order valence-corrected chi connectivity index (χ2v) is 5.51. The van der Waals surface area contributed by atoms with Gasteiger partial charge in [0.1, 0.15) is 5.69 Å². The number of hydrogen-bond donors (Lipinski definition) is 1. The van der Waals surface area contributed by atoms with E-state index >= 15 is 0 Å². The molecule has 0 aromatic heterocycles. The molecular weight excluding hydrogens is 274 g/mol. The summed E-state index contributed by atoms with van der Waals surface area (Å²) in [5, 5.41) is 10.9. The maximum absolute atomic E-state index is 12.5. The monoisotopic (exact) mass is 293 g/mol. The topological polar surface area (TPSA) is 98.7 Å². The van der Waals surface area contributed by atoms with E-state index in [1.54, 1.807) is 12.0 Å². The Labute approximate surface area is 122 Å². The summed E-state index contributed by atoms with van der Waals surface area (Å²) in [4.78, 5) is 24.5. The fraction of sp³-hybridized carbons (Fsp3) is 0.500. The summed E-state index contributed by atoms with van der Waals surface area (Å²) in [6.07, 6.45) is 1.72. The van der Waals surface area contributed by atoms with E-state index in [1.807, 2.05) is 6.92 Å². The van der Waals surface area contributed by atoms with Gasteiger partial charge in [-0.25, -0.2) is 0 Å². The van der Waals surface area contributed by atoms with Crippen molar-refractivity contribution in [1.82, 2.24) is 4.90 Å². The Bertz CT molecular complexity index is 575. The summed E-state index contributed by atoms with van der Waals surface area (Å²) < 4.78 is 5.45. The molecule has 1 heterocycles. The first-order chi connectivity index (χ1) is 9.86. The molecule has 21 heavy (non-hydrogen) atoms. The van der Waals surface area contributed by atoms with Gasteiger partial charge in [-0.1, -0.05) is 0 Å². The second-order valence-electron chi connectivity index (χ2n) is 5.51. The van der Waals surface area contributed by atoms with E-state index in [4.69, 9.17) is 10.5 Å². The van der Waals surface area contributed by atoms with Gasteiger partial charge in [-0.2, -0.15) is 0 Å². The third-order valence-corrected chi connectivity index (χ3v) is 3.91. The molecule has 1 saturated heterocycles. The molecular formula is C14H19N3O4. The highest BCUT2D eigenvalue weighted by Gasteiger charge is 2.33. The first kappa shape index (κ1) is 15.2. The number of likely N-dealkylation sites (tertiary alicyclic amines) is 1. The number of benzene rings is 1. The molecule has 7 heteroatoms. The Morgan fingerprint density at radius 1 is 1.52 bits per heavy atom. The van der Waals surface area contributed by atoms with E-state index in [9.17, 15) is 14.9 Å². The number of methoxy groups -OCH3 is 1. The van der Waals surface area contributed by atoms with E-state index in [-0.39, 0.29) is 28.4 Å². The summed E-state index contributed by atoms with van der Waals surface area (Å²) in [7, 11) is 1.63. The normalized spacial score (nSPS) is 22.1. The van der Waals surface area contributed by atoms with Gasteiger partial charge in [-0.15, -0.1) is 0 Å². The number of nitrogens with zero attached hydrogens (tertiary/aromatic N) is 2. The fourth-order valence-corrected chi connectivity index (χ4v) is 2.56. The molecule has 2 rings (SSSR count). The molecule has 0 spiro atoms. The number of anilines is 1. The number of piperidine rings is 1. The molecule has 1 atom stereocenters. The van der Waals surface area contributed by atoms with Crippen LogP contribution in [0.2, 0.25) is 0 Å². The highest BCUT2D eigenvalue weighted by molar-refractivity contribution is 5.95. The summed E-state index contributed by atoms with van der Waals surface area (Å²) in [5.41, 5.74) is 5.26. The van der Waals surface area contributed by atoms with Crippen molar-refractivity contribution in [2.24, 2.45) is 0 Å². The highest BCUT2D eigenvalue weighted by atomic mass is 16.6. The van der Waals surface area contributed by atoms with Gasteiger partial charge >= 0.3 is 0 Å². The third kappa shape index (κ3) is 3.13. The van der Waals surface area contributed by atoms with Crippen molar-refractivity contribution in [2.45, 2.75) is 25.4 Å². The van der Waals surface area contributed by atoms with Crippen molar-refractivity contribution >= 4 is 17.3 Å². The van der Waals surface area contributed by atoms with Crippen molar-refractivity contribution in [3.63, 3.8) is 0 Å². The van der Waals surface area contributed by atoms with Crippen molar-refractivity contribution in [3.8, 4) is 0 Å². The zero-order valence-electron chi connectivity index (χ0n) is 12.2. The number of nitrogen functional groups attached to an aromatic ring is 1. The standard InChI is InChI=1S/C14H19N3O4/c1-14(21-2)6-3-7-16(9-14)13(18)10-4-5-11(15)12(8-10)17(19)20/h4-5,8H,3,6-7,9,15H2,1-2H3. The molecule has 1 aromatic carbocycles. The predicted octanol–water partition coefficient (Wildman–Crippen LogP) is 1.82. The van der Waals surface area contributed by atoms with E-state index in [2.05, 4.69) is 0 Å². The van der Waals surface area contributed by atoms with Gasteiger partial charge in [0, 0.05) is 31.8 Å². The van der Waals surface area contributed by atoms with Crippen LogP contribution >= 0.6 is 0 Å². The van der Waals surface area contributed by atoms with Crippen molar-refractivity contribution in [1.29, 1.82) is 0 Å². The van der Waals surface area contributed by atoms with E-state index in [0.29, 0.717) is 13.1 Å². The van der Waals surface area contributed by atoms with Crippen LogP contribution in [0.5, 0.6) is 0 Å². The average Bonchev–Trinajstić information content (AvgIpc) is 2.47. The Morgan fingerprint density at radius 2 is 2.24 bits per heavy atom. The van der Waals surface area contributed by atoms with E-state index in [0.717, 1.165) is 12.8 Å². The molecule has 114 valence electrons. The van der Waals surface area contributed by atoms with E-state index < -0.39 is 4.92 Å². The number of amides is 1. The number of ether oxygens (including phenoxy) is 1. The average molecular weight is 293 g/mol. The Kier molecular flexibility index (Phi) is 4.13. The van der Waals surface area contributed by atoms with Gasteiger partial charge in [0.05, 0.1) is 10.5 Å². The quantitative estimate of drug-likeness (QED) is 0.520. The van der Waals surface area contributed by atoms with Gasteiger partial charge in [-0.3, -0.25) is 14.9 Å². The van der Waals surface area contributed by atoms with Crippen molar-refractivity contribution < 1.29 is 14.5 Å². The summed E-state index contributed by atoms with van der Waals surface area (Å²) in [5.74, 6) is -0.235. The number of nitrogens with two attached hydrogens (primary N) is 1. The minimum Gasteiger partial charge on any atom is -0.393 e. The number of rotatable bonds is 3. The lowest BCUT2D eigenvalue weighted by Crippen LogP contribution is -2.49. The summed E-state index contributed by atoms with van der Waals surface area (Å²) in [6, 6.07) is 4.14. The minimum absolute atomic E-state index is 0.0527. The lowest BCUT2D eigenvalue weighted by Gasteiger charge is -2.39. The molecule has 0 aliphatic carbocycles. The van der Waals surface area contributed by atoms with Crippen LogP contribution < -0.4 is 5.73 Å². The van der Waals surface area contributed by atoms with Crippen LogP contribution in [0.15, 0.2) is 18.2 Å². The first-order valence-electron chi connectivity index (χ1n) is 6.75. The Hall–Kier alpha value is -2.15. The van der Waals surface area contributed by atoms with Crippen molar-refractivity contribution in [3.05, 3.63) is 33.9 Å². The van der Waals surface area contributed by atoms with Gasteiger partial charge in [0.15, 0.2) is 0 Å². The van der Waals surface area contributed by atoms with Crippen LogP contribution in [0.1, 0.15) is 30.1 Å². The van der Waals surface area contributed by atoms with Crippen LogP contribution in [0.4, 0.5) is 11.4 Å². The maximum atomic E-state index is 12.5. The van der Waals surface area contributed by atoms with Gasteiger partial charge in [0.25, 0.3) is 11.6 Å². The maximum Gasteiger partial charge on any atom is 0.292 e. The Morgan fingerprint density at radius 3 is 2.86 bits per heavy atom. The molecule has 1 aliphatic rings. The third-order valence-electron chi connectivity index (χ3n) is 3.91. The fourth-order valence-electron chi connectivity index (χ4n) is 2.56. The lowest BCUT2D eigenvalue weighted by atomic mass is 9.94. The SMILES string of the molecule is COC1(C)CCCN(C(=O)c2ccc(N)c([N+](=O)[O-])c2)C1. The molecule has 1 amide bonds. The molecule has 1 aliphatic heterocycles. The summed E-state index contributed by atoms with van der Waals surface area (Å²) in [6.45, 7) is 3.05.